The van der Waals surface area contributed by atoms with Crippen molar-refractivity contribution in [2.24, 2.45) is 0 Å². The van der Waals surface area contributed by atoms with Gasteiger partial charge in [0.25, 0.3) is 0 Å². The molecule has 0 atom stereocenters. The van der Waals surface area contributed by atoms with Crippen LogP contribution in [-0.2, 0) is 10.3 Å². The lowest BCUT2D eigenvalue weighted by molar-refractivity contribution is 0.0224. The van der Waals surface area contributed by atoms with Gasteiger partial charge in [-0.15, -0.1) is 0 Å². The molecule has 0 amide bonds. The predicted octanol–water partition coefficient (Wildman–Crippen LogP) is 9.66. The highest BCUT2D eigenvalue weighted by atomic mass is 32.3. The molecule has 0 aliphatic carbocycles. The van der Waals surface area contributed by atoms with E-state index < -0.39 is 22.4 Å². The first-order valence-electron chi connectivity index (χ1n) is 15.4. The van der Waals surface area contributed by atoms with E-state index in [0.717, 1.165) is 21.2 Å². The summed E-state index contributed by atoms with van der Waals surface area (Å²) in [5.41, 5.74) is 3.25. The van der Waals surface area contributed by atoms with Crippen molar-refractivity contribution in [2.45, 2.75) is 20.3 Å². The van der Waals surface area contributed by atoms with Gasteiger partial charge in [0.1, 0.15) is 34.5 Å². The topological polar surface area (TPSA) is 168 Å². The van der Waals surface area contributed by atoms with Crippen molar-refractivity contribution in [1.29, 1.82) is 10.5 Å². The van der Waals surface area contributed by atoms with Crippen LogP contribution in [0, 0.1) is 22.7 Å². The molecule has 0 unspecified atom stereocenters. The zero-order chi connectivity index (χ0) is 35.1. The minimum atomic E-state index is -4.16. The van der Waals surface area contributed by atoms with Gasteiger partial charge in [0, 0.05) is 26.5 Å². The molecule has 9 rings (SSSR count). The second kappa shape index (κ2) is 11.4. The lowest BCUT2D eigenvalue weighted by Gasteiger charge is -2.37. The van der Waals surface area contributed by atoms with Crippen LogP contribution in [-0.4, -0.2) is 19.6 Å². The monoisotopic (exact) mass is 726 g/mol. The van der Waals surface area contributed by atoms with E-state index in [0.29, 0.717) is 43.5 Å². The molecule has 1 spiro atoms. The Hall–Kier alpha value is -5.64. The Kier molecular flexibility index (Phi) is 7.04. The van der Waals surface area contributed by atoms with Crippen LogP contribution in [0.4, 0.5) is 11.4 Å². The zero-order valence-electron chi connectivity index (χ0n) is 26.0. The van der Waals surface area contributed by atoms with Crippen molar-refractivity contribution >= 4 is 62.9 Å². The number of hydrogen-bond donors (Lipinski definition) is 5. The maximum Gasteiger partial charge on any atom is 0.340 e. The maximum atomic E-state index is 13.6. The zero-order valence-corrected chi connectivity index (χ0v) is 28.5. The molecule has 5 N–H and O–H groups in total. The van der Waals surface area contributed by atoms with E-state index in [4.69, 9.17) is 9.47 Å². The number of nitriles is 2. The number of nitrogens with one attached hydrogen (secondary N) is 2. The van der Waals surface area contributed by atoms with E-state index in [-0.39, 0.29) is 27.5 Å². The molecule has 5 aromatic rings. The quantitative estimate of drug-likeness (QED) is 0.0883. The Balaban J connectivity index is 1.23. The van der Waals surface area contributed by atoms with E-state index in [1.54, 1.807) is 36.4 Å². The van der Waals surface area contributed by atoms with Crippen LogP contribution in [0.5, 0.6) is 11.5 Å². The van der Waals surface area contributed by atoms with Gasteiger partial charge < -0.3 is 33.8 Å². The Morgan fingerprint density at radius 2 is 1.22 bits per heavy atom. The number of para-hydroxylation sites is 2. The average Bonchev–Trinajstić information content (AvgIpc) is 3.83. The van der Waals surface area contributed by atoms with Crippen molar-refractivity contribution in [3.63, 3.8) is 0 Å². The number of hydrogen-bond acceptors (Lipinski definition) is 12. The van der Waals surface area contributed by atoms with Gasteiger partial charge in [-0.2, -0.15) is 10.5 Å². The number of fused-ring (bicyclic) bond motifs is 8. The second-order valence-electron chi connectivity index (χ2n) is 11.9. The van der Waals surface area contributed by atoms with Crippen LogP contribution < -0.4 is 15.4 Å². The number of thioether (sulfide) groups is 2. The molecule has 4 heterocycles. The fourth-order valence-corrected chi connectivity index (χ4v) is 9.31. The smallest absolute Gasteiger partial charge is 0.340 e. The first-order chi connectivity index (χ1) is 24.7. The minimum Gasteiger partial charge on any atom is -0.456 e. The second-order valence-corrected chi connectivity index (χ2v) is 15.5. The minimum absolute atomic E-state index is 0.169. The summed E-state index contributed by atoms with van der Waals surface area (Å²) in [6.45, 7) is 0. The van der Waals surface area contributed by atoms with Crippen LogP contribution >= 0.6 is 34.4 Å². The lowest BCUT2D eigenvalue weighted by Crippen LogP contribution is -2.33. The Labute approximate surface area is 301 Å². The van der Waals surface area contributed by atoms with Gasteiger partial charge in [-0.3, -0.25) is 0 Å². The molecule has 4 aliphatic rings. The number of benzene rings is 5. The normalized spacial score (nSPS) is 19.8. The van der Waals surface area contributed by atoms with Gasteiger partial charge in [-0.05, 0) is 77.9 Å². The molecule has 0 bridgehead atoms. The Morgan fingerprint density at radius 3 is 1.71 bits per heavy atom. The molecule has 10 nitrogen and oxygen atoms in total. The number of carbonyl (C=O) groups excluding carboxylic acids is 1. The van der Waals surface area contributed by atoms with Crippen molar-refractivity contribution in [3.05, 3.63) is 147 Å². The summed E-state index contributed by atoms with van der Waals surface area (Å²) in [7, 11) is -4.16. The molecule has 51 heavy (non-hydrogen) atoms. The van der Waals surface area contributed by atoms with Crippen molar-refractivity contribution in [1.82, 2.24) is 0 Å². The third-order valence-electron chi connectivity index (χ3n) is 9.04. The Bertz CT molecular complexity index is 2360. The molecule has 0 fully saturated rings. The van der Waals surface area contributed by atoms with Crippen molar-refractivity contribution in [2.75, 3.05) is 10.6 Å². The highest BCUT2D eigenvalue weighted by molar-refractivity contribution is 8.19. The van der Waals surface area contributed by atoms with E-state index in [2.05, 4.69) is 22.8 Å². The third-order valence-corrected chi connectivity index (χ3v) is 12.1. The molecule has 5 aromatic carbocycles. The van der Waals surface area contributed by atoms with Crippen LogP contribution in [0.15, 0.2) is 128 Å². The number of esters is 1. The third kappa shape index (κ3) is 4.83. The molecule has 248 valence electrons. The molecule has 4 aliphatic heterocycles. The highest BCUT2D eigenvalue weighted by Crippen LogP contribution is 2.59. The number of nitrogens with zero attached hydrogens (tertiary/aromatic N) is 2. The van der Waals surface area contributed by atoms with E-state index >= 15 is 0 Å². The summed E-state index contributed by atoms with van der Waals surface area (Å²) in [6.07, 6.45) is 0. The number of allylic oxidation sites excluding steroid dienone is 2. The number of carbonyl (C=O) groups is 1. The molecular formula is C38H22N4O6S3. The van der Waals surface area contributed by atoms with Gasteiger partial charge in [0.2, 0.25) is 0 Å². The fraction of sp³-hybridized carbons (Fsp3) is 0.0263. The van der Waals surface area contributed by atoms with Crippen molar-refractivity contribution in [3.8, 4) is 23.6 Å². The van der Waals surface area contributed by atoms with Crippen LogP contribution in [0.1, 0.15) is 38.2 Å². The first-order valence-corrected chi connectivity index (χ1v) is 18.5. The molecule has 0 aromatic heterocycles. The number of rotatable bonds is 3. The van der Waals surface area contributed by atoms with Crippen molar-refractivity contribution < 1.29 is 27.9 Å². The SMILES string of the molecule is N#C/C(=C1\Nc2ccccc2S1)c1ccc2c(c1)Oc1cc(/C(C#N)=C3/Nc4ccccc4S3)ccc1C21OC(=O)c2ccc(S(O)(O)O)cc21. The summed E-state index contributed by atoms with van der Waals surface area (Å²) in [4.78, 5) is 15.3. The summed E-state index contributed by atoms with van der Waals surface area (Å²) < 4.78 is 43.5. The van der Waals surface area contributed by atoms with Gasteiger partial charge in [-0.25, -0.2) is 4.79 Å². The predicted molar refractivity (Wildman–Crippen MR) is 195 cm³/mol. The molecule has 0 saturated heterocycles. The molecular weight excluding hydrogens is 705 g/mol. The molecule has 13 heteroatoms. The van der Waals surface area contributed by atoms with Gasteiger partial charge in [0.15, 0.2) is 5.60 Å². The van der Waals surface area contributed by atoms with Crippen LogP contribution in [0.3, 0.4) is 0 Å². The standard InChI is InChI=1S/C38H22N4O6S3/c39-18-24(35-41-29-5-1-3-7-33(29)49-35)20-9-13-26-31(15-20)47-32-16-21(25(19-40)36-42-30-6-2-4-8-34(30)50-36)10-14-27(32)38(26)28-17-22(51(44,45)46)11-12-23(28)37(43)48-38/h1-17,41-42,44-46H/b35-24-,36-25-. The molecule has 0 radical (unpaired) electrons. The van der Waals surface area contributed by atoms with E-state index in [9.17, 15) is 29.0 Å². The Morgan fingerprint density at radius 1 is 0.686 bits per heavy atom. The summed E-state index contributed by atoms with van der Waals surface area (Å²) in [5, 5.41) is 28.7. The van der Waals surface area contributed by atoms with Gasteiger partial charge in [0.05, 0.1) is 43.0 Å². The fourth-order valence-electron chi connectivity index (χ4n) is 6.74. The van der Waals surface area contributed by atoms with Gasteiger partial charge in [-0.1, -0.05) is 59.9 Å². The first kappa shape index (κ1) is 31.3. The molecule has 0 saturated carbocycles. The summed E-state index contributed by atoms with van der Waals surface area (Å²) >= 11 is 2.88. The number of anilines is 2. The van der Waals surface area contributed by atoms with Crippen LogP contribution in [0.25, 0.3) is 11.1 Å². The summed E-state index contributed by atoms with van der Waals surface area (Å²) in [6, 6.07) is 34.5. The lowest BCUT2D eigenvalue weighted by atomic mass is 9.77. The van der Waals surface area contributed by atoms with Crippen LogP contribution in [0.2, 0.25) is 0 Å². The van der Waals surface area contributed by atoms with E-state index in [1.165, 1.54) is 41.7 Å². The van der Waals surface area contributed by atoms with E-state index in [1.807, 2.05) is 48.5 Å². The highest BCUT2D eigenvalue weighted by Gasteiger charge is 2.54. The maximum absolute atomic E-state index is 13.6. The number of ether oxygens (including phenoxy) is 2. The van der Waals surface area contributed by atoms with Gasteiger partial charge >= 0.3 is 5.97 Å². The average molecular weight is 727 g/mol. The summed E-state index contributed by atoms with van der Waals surface area (Å²) in [5.74, 6) is -0.106. The largest absolute Gasteiger partial charge is 0.456 e.